The van der Waals surface area contributed by atoms with Crippen molar-refractivity contribution < 1.29 is 9.59 Å². The van der Waals surface area contributed by atoms with Crippen LogP contribution < -0.4 is 4.90 Å². The molecule has 0 spiro atoms. The van der Waals surface area contributed by atoms with Gasteiger partial charge in [0.05, 0.1) is 24.2 Å². The van der Waals surface area contributed by atoms with Gasteiger partial charge in [0.2, 0.25) is 5.91 Å². The average molecular weight is 494 g/mol. The Morgan fingerprint density at radius 2 is 1.41 bits per heavy atom. The lowest BCUT2D eigenvalue weighted by Gasteiger charge is -2.41. The average Bonchev–Trinajstić information content (AvgIpc) is 3.15. The van der Waals surface area contributed by atoms with Crippen LogP contribution in [-0.2, 0) is 9.59 Å². The molecule has 0 aliphatic carbocycles. The minimum atomic E-state index is -0.431. The lowest BCUT2D eigenvalue weighted by Crippen LogP contribution is -2.53. The van der Waals surface area contributed by atoms with Crippen LogP contribution in [0.25, 0.3) is 0 Å². The number of piperazine rings is 1. The number of anilines is 1. The second-order valence-electron chi connectivity index (χ2n) is 8.70. The molecule has 5 rings (SSSR count). The molecule has 0 aromatic heterocycles. The zero-order valence-electron chi connectivity index (χ0n) is 18.6. The normalized spacial score (nSPS) is 20.6. The quantitative estimate of drug-likeness (QED) is 0.467. The van der Waals surface area contributed by atoms with Gasteiger partial charge in [0, 0.05) is 36.2 Å². The van der Waals surface area contributed by atoms with E-state index in [1.165, 1.54) is 16.0 Å². The number of rotatable bonds is 5. The molecule has 2 saturated heterocycles. The van der Waals surface area contributed by atoms with Crippen molar-refractivity contribution in [2.24, 2.45) is 0 Å². The third-order valence-electron chi connectivity index (χ3n) is 6.65. The van der Waals surface area contributed by atoms with Crippen LogP contribution in [0.15, 0.2) is 78.9 Å². The molecule has 5 nitrogen and oxygen atoms in total. The van der Waals surface area contributed by atoms with Crippen molar-refractivity contribution in [2.45, 2.75) is 18.5 Å². The Bertz CT molecular complexity index is 1180. The first-order chi connectivity index (χ1) is 16.5. The zero-order chi connectivity index (χ0) is 23.7. The molecule has 174 valence electrons. The highest BCUT2D eigenvalue weighted by atomic mass is 35.5. The van der Waals surface area contributed by atoms with Crippen LogP contribution in [0.4, 0.5) is 5.69 Å². The van der Waals surface area contributed by atoms with Crippen molar-refractivity contribution in [1.29, 1.82) is 0 Å². The molecule has 0 unspecified atom stereocenters. The number of amides is 2. The molecule has 0 saturated carbocycles. The molecule has 2 heterocycles. The molecule has 2 fully saturated rings. The molecule has 2 atom stereocenters. The third-order valence-corrected chi connectivity index (χ3v) is 7.13. The fourth-order valence-corrected chi connectivity index (χ4v) is 5.30. The van der Waals surface area contributed by atoms with Crippen molar-refractivity contribution >= 4 is 40.7 Å². The van der Waals surface area contributed by atoms with Crippen LogP contribution >= 0.6 is 23.2 Å². The first-order valence-electron chi connectivity index (χ1n) is 11.4. The van der Waals surface area contributed by atoms with E-state index in [4.69, 9.17) is 23.2 Å². The number of hydrogen-bond acceptors (Lipinski definition) is 4. The van der Waals surface area contributed by atoms with Gasteiger partial charge in [0.15, 0.2) is 0 Å². The monoisotopic (exact) mass is 493 g/mol. The smallest absolute Gasteiger partial charge is 0.251 e. The van der Waals surface area contributed by atoms with Crippen LogP contribution in [0.3, 0.4) is 0 Å². The SMILES string of the molecule is O=C1C[C@H](N2CCN([C@@H](c3ccccc3)c3ccc(Cl)cc3)CC2)C(=O)N1c1cccc(Cl)c1. The third kappa shape index (κ3) is 4.62. The highest BCUT2D eigenvalue weighted by Crippen LogP contribution is 2.32. The standard InChI is InChI=1S/C27H25Cl2N3O2/c28-21-11-9-20(10-12-21)26(19-5-2-1-3-6-19)31-15-13-30(14-16-31)24-18-25(33)32(27(24)34)23-8-4-7-22(29)17-23/h1-12,17,24,26H,13-16,18H2/t24-,26-/m0/s1. The second kappa shape index (κ2) is 9.88. The predicted molar refractivity (Wildman–Crippen MR) is 135 cm³/mol. The van der Waals surface area contributed by atoms with Gasteiger partial charge in [-0.2, -0.15) is 0 Å². The van der Waals surface area contributed by atoms with Crippen molar-refractivity contribution in [3.63, 3.8) is 0 Å². The van der Waals surface area contributed by atoms with Gasteiger partial charge in [-0.05, 0) is 41.5 Å². The molecule has 2 aliphatic heterocycles. The Balaban J connectivity index is 1.32. The van der Waals surface area contributed by atoms with Gasteiger partial charge < -0.3 is 0 Å². The summed E-state index contributed by atoms with van der Waals surface area (Å²) in [6.45, 7) is 3.00. The van der Waals surface area contributed by atoms with E-state index >= 15 is 0 Å². The molecule has 34 heavy (non-hydrogen) atoms. The van der Waals surface area contributed by atoms with Gasteiger partial charge in [0.1, 0.15) is 0 Å². The second-order valence-corrected chi connectivity index (χ2v) is 9.58. The van der Waals surface area contributed by atoms with Gasteiger partial charge >= 0.3 is 0 Å². The molecule has 2 aliphatic rings. The minimum absolute atomic E-state index is 0.101. The molecule has 0 bridgehead atoms. The summed E-state index contributed by atoms with van der Waals surface area (Å²) >= 11 is 12.2. The lowest BCUT2D eigenvalue weighted by atomic mass is 9.96. The summed E-state index contributed by atoms with van der Waals surface area (Å²) in [6.07, 6.45) is 0.199. The number of carbonyl (C=O) groups excluding carboxylic acids is 2. The van der Waals surface area contributed by atoms with E-state index in [-0.39, 0.29) is 24.3 Å². The topological polar surface area (TPSA) is 43.9 Å². The number of nitrogens with zero attached hydrogens (tertiary/aromatic N) is 3. The minimum Gasteiger partial charge on any atom is -0.290 e. The summed E-state index contributed by atoms with van der Waals surface area (Å²) in [7, 11) is 0. The fraction of sp³-hybridized carbons (Fsp3) is 0.259. The number of carbonyl (C=O) groups is 2. The Hall–Kier alpha value is -2.70. The van der Waals surface area contributed by atoms with Gasteiger partial charge in [-0.1, -0.05) is 71.7 Å². The van der Waals surface area contributed by atoms with Gasteiger partial charge in [-0.25, -0.2) is 4.90 Å². The van der Waals surface area contributed by atoms with Crippen molar-refractivity contribution in [1.82, 2.24) is 9.80 Å². The van der Waals surface area contributed by atoms with Crippen LogP contribution in [0.1, 0.15) is 23.6 Å². The number of benzene rings is 3. The molecule has 0 radical (unpaired) electrons. The van der Waals surface area contributed by atoms with E-state index in [2.05, 4.69) is 46.2 Å². The first kappa shape index (κ1) is 23.1. The molecular weight excluding hydrogens is 469 g/mol. The fourth-order valence-electron chi connectivity index (χ4n) is 4.99. The van der Waals surface area contributed by atoms with Crippen molar-refractivity contribution in [3.8, 4) is 0 Å². The van der Waals surface area contributed by atoms with Gasteiger partial charge in [0.25, 0.3) is 5.91 Å². The maximum atomic E-state index is 13.2. The van der Waals surface area contributed by atoms with Crippen LogP contribution in [0, 0.1) is 0 Å². The highest BCUT2D eigenvalue weighted by molar-refractivity contribution is 6.31. The molecule has 3 aromatic rings. The van der Waals surface area contributed by atoms with E-state index < -0.39 is 6.04 Å². The van der Waals surface area contributed by atoms with Gasteiger partial charge in [-0.15, -0.1) is 0 Å². The van der Waals surface area contributed by atoms with E-state index in [0.717, 1.165) is 13.1 Å². The summed E-state index contributed by atoms with van der Waals surface area (Å²) in [4.78, 5) is 31.8. The van der Waals surface area contributed by atoms with Gasteiger partial charge in [-0.3, -0.25) is 19.4 Å². The first-order valence-corrected chi connectivity index (χ1v) is 12.2. The maximum absolute atomic E-state index is 13.2. The van der Waals surface area contributed by atoms with E-state index in [1.54, 1.807) is 24.3 Å². The highest BCUT2D eigenvalue weighted by Gasteiger charge is 2.43. The largest absolute Gasteiger partial charge is 0.290 e. The Morgan fingerprint density at radius 1 is 0.735 bits per heavy atom. The summed E-state index contributed by atoms with van der Waals surface area (Å²) in [5.74, 6) is -0.346. The Kier molecular flexibility index (Phi) is 6.70. The lowest BCUT2D eigenvalue weighted by molar-refractivity contribution is -0.123. The van der Waals surface area contributed by atoms with E-state index in [1.807, 2.05) is 18.2 Å². The van der Waals surface area contributed by atoms with E-state index in [9.17, 15) is 9.59 Å². The Morgan fingerprint density at radius 3 is 2.09 bits per heavy atom. The van der Waals surface area contributed by atoms with Crippen molar-refractivity contribution in [3.05, 3.63) is 100 Å². The summed E-state index contributed by atoms with van der Waals surface area (Å²) in [5.41, 5.74) is 2.94. The van der Waals surface area contributed by atoms with Crippen molar-refractivity contribution in [2.75, 3.05) is 31.1 Å². The molecular formula is C27H25Cl2N3O2. The number of halogens is 2. The molecule has 3 aromatic carbocycles. The Labute approximate surface area is 209 Å². The number of imide groups is 1. The zero-order valence-corrected chi connectivity index (χ0v) is 20.1. The summed E-state index contributed by atoms with van der Waals surface area (Å²) < 4.78 is 0. The molecule has 2 amide bonds. The summed E-state index contributed by atoms with van der Waals surface area (Å²) in [6, 6.07) is 25.0. The van der Waals surface area contributed by atoms with Crippen LogP contribution in [0.2, 0.25) is 10.0 Å². The molecule has 7 heteroatoms. The predicted octanol–water partition coefficient (Wildman–Crippen LogP) is 5.03. The summed E-state index contributed by atoms with van der Waals surface area (Å²) in [5, 5.41) is 1.22. The molecule has 0 N–H and O–H groups in total. The van der Waals surface area contributed by atoms with E-state index in [0.29, 0.717) is 28.8 Å². The van der Waals surface area contributed by atoms with Crippen LogP contribution in [0.5, 0.6) is 0 Å². The maximum Gasteiger partial charge on any atom is 0.251 e. The number of hydrogen-bond donors (Lipinski definition) is 0. The van der Waals surface area contributed by atoms with Crippen LogP contribution in [-0.4, -0.2) is 53.8 Å².